The van der Waals surface area contributed by atoms with Crippen molar-refractivity contribution >= 4 is 0 Å². The van der Waals surface area contributed by atoms with Crippen LogP contribution in [0.15, 0.2) is 12.7 Å². The fraction of sp³-hybridized carbons (Fsp3) is 0.778. The zero-order valence-electron chi connectivity index (χ0n) is 7.28. The molecule has 1 aliphatic rings. The van der Waals surface area contributed by atoms with E-state index in [1.54, 1.807) is 6.08 Å². The fourth-order valence-corrected chi connectivity index (χ4v) is 0.167. The molecule has 0 aliphatic heterocycles. The molecule has 1 fully saturated rings. The van der Waals surface area contributed by atoms with E-state index in [1.165, 1.54) is 12.8 Å². The van der Waals surface area contributed by atoms with Gasteiger partial charge in [0.2, 0.25) is 0 Å². The fourth-order valence-electron chi connectivity index (χ4n) is 0.167. The highest BCUT2D eigenvalue weighted by molar-refractivity contribution is 4.65. The van der Waals surface area contributed by atoms with Crippen LogP contribution < -0.4 is 0 Å². The largest absolute Gasteiger partial charge is 0.103 e. The summed E-state index contributed by atoms with van der Waals surface area (Å²) in [6.45, 7) is 11.5. The van der Waals surface area contributed by atoms with E-state index in [-0.39, 0.29) is 0 Å². The van der Waals surface area contributed by atoms with Gasteiger partial charge >= 0.3 is 0 Å². The lowest BCUT2D eigenvalue weighted by Crippen LogP contribution is -1.42. The maximum atomic E-state index is 3.36. The van der Waals surface area contributed by atoms with Crippen molar-refractivity contribution in [2.45, 2.75) is 40.5 Å². The van der Waals surface area contributed by atoms with Gasteiger partial charge in [0.15, 0.2) is 0 Å². The molecule has 0 radical (unpaired) electrons. The van der Waals surface area contributed by atoms with E-state index in [0.717, 1.165) is 5.92 Å². The normalized spacial score (nSPS) is 13.8. The van der Waals surface area contributed by atoms with Gasteiger partial charge in [0.05, 0.1) is 0 Å². The molecule has 1 aliphatic carbocycles. The summed E-state index contributed by atoms with van der Waals surface area (Å²) in [5, 5.41) is 0. The standard InChI is InChI=1S/C4H8.C3H6.C2H6/c1-4-2-3-4;1-3-2;1-2/h4H,2-3H2,1H3;3H,1H2,2H3;1-2H3. The second-order valence-electron chi connectivity index (χ2n) is 2.09. The van der Waals surface area contributed by atoms with Gasteiger partial charge in [-0.3, -0.25) is 0 Å². The van der Waals surface area contributed by atoms with Gasteiger partial charge in [-0.25, -0.2) is 0 Å². The first-order chi connectivity index (χ1) is 4.31. The Morgan fingerprint density at radius 2 is 1.44 bits per heavy atom. The smallest absolute Gasteiger partial charge is 0.0443 e. The Kier molecular flexibility index (Phi) is 13.7. The Morgan fingerprint density at radius 3 is 1.44 bits per heavy atom. The van der Waals surface area contributed by atoms with Gasteiger partial charge in [-0.2, -0.15) is 0 Å². The summed E-state index contributed by atoms with van der Waals surface area (Å²) in [5.74, 6) is 1.08. The molecule has 1 rings (SSSR count). The maximum absolute atomic E-state index is 3.36. The minimum Gasteiger partial charge on any atom is -0.103 e. The van der Waals surface area contributed by atoms with Gasteiger partial charge in [-0.05, 0) is 12.8 Å². The second-order valence-corrected chi connectivity index (χ2v) is 2.09. The third-order valence-electron chi connectivity index (χ3n) is 0.866. The van der Waals surface area contributed by atoms with E-state index in [1.807, 2.05) is 20.8 Å². The highest BCUT2D eigenvalue weighted by Gasteiger charge is 2.12. The average Bonchev–Trinajstić information content (AvgIpc) is 2.59. The summed E-state index contributed by atoms with van der Waals surface area (Å²) in [4.78, 5) is 0. The topological polar surface area (TPSA) is 0 Å². The predicted molar refractivity (Wildman–Crippen MR) is 45.6 cm³/mol. The van der Waals surface area contributed by atoms with Crippen LogP contribution in [0.3, 0.4) is 0 Å². The van der Waals surface area contributed by atoms with Crippen LogP contribution >= 0.6 is 0 Å². The molecule has 0 spiro atoms. The summed E-state index contributed by atoms with van der Waals surface area (Å²) in [5.41, 5.74) is 0. The summed E-state index contributed by atoms with van der Waals surface area (Å²) in [6.07, 6.45) is 4.72. The Morgan fingerprint density at radius 1 is 1.33 bits per heavy atom. The molecule has 1 saturated carbocycles. The maximum Gasteiger partial charge on any atom is -0.0443 e. The summed E-state index contributed by atoms with van der Waals surface area (Å²) in [7, 11) is 0. The zero-order chi connectivity index (χ0) is 7.70. The van der Waals surface area contributed by atoms with Crippen molar-refractivity contribution in [1.82, 2.24) is 0 Å². The minimum atomic E-state index is 1.08. The van der Waals surface area contributed by atoms with Gasteiger partial charge in [-0.1, -0.05) is 39.7 Å². The molecule has 0 aromatic carbocycles. The van der Waals surface area contributed by atoms with E-state index < -0.39 is 0 Å². The third kappa shape index (κ3) is 34.0. The number of hydrogen-bond donors (Lipinski definition) is 0. The van der Waals surface area contributed by atoms with Crippen LogP contribution in [0.25, 0.3) is 0 Å². The van der Waals surface area contributed by atoms with Crippen molar-refractivity contribution in [3.8, 4) is 0 Å². The van der Waals surface area contributed by atoms with Crippen molar-refractivity contribution in [1.29, 1.82) is 0 Å². The van der Waals surface area contributed by atoms with E-state index in [0.29, 0.717) is 0 Å². The minimum absolute atomic E-state index is 1.08. The molecule has 0 nitrogen and oxygen atoms in total. The monoisotopic (exact) mass is 128 g/mol. The predicted octanol–water partition coefficient (Wildman–Crippen LogP) is 3.63. The van der Waals surface area contributed by atoms with Gasteiger partial charge in [0.1, 0.15) is 0 Å². The molecule has 0 atom stereocenters. The number of allylic oxidation sites excluding steroid dienone is 1. The Hall–Kier alpha value is -0.260. The first-order valence-corrected chi connectivity index (χ1v) is 3.88. The molecule has 56 valence electrons. The Bertz CT molecular complexity index is 42.0. The number of rotatable bonds is 0. The first kappa shape index (κ1) is 11.5. The van der Waals surface area contributed by atoms with Crippen LogP contribution in [-0.2, 0) is 0 Å². The van der Waals surface area contributed by atoms with Crippen LogP contribution in [0.4, 0.5) is 0 Å². The lowest BCUT2D eigenvalue weighted by Gasteiger charge is -1.53. The van der Waals surface area contributed by atoms with Crippen molar-refractivity contribution in [2.24, 2.45) is 5.92 Å². The summed E-state index contributed by atoms with van der Waals surface area (Å²) in [6, 6.07) is 0. The second kappa shape index (κ2) is 10.7. The van der Waals surface area contributed by atoms with Crippen LogP contribution in [0, 0.1) is 5.92 Å². The quantitative estimate of drug-likeness (QED) is 0.437. The third-order valence-corrected chi connectivity index (χ3v) is 0.866. The van der Waals surface area contributed by atoms with Crippen LogP contribution in [0.5, 0.6) is 0 Å². The van der Waals surface area contributed by atoms with Crippen molar-refractivity contribution in [2.75, 3.05) is 0 Å². The van der Waals surface area contributed by atoms with E-state index in [2.05, 4.69) is 13.5 Å². The lowest BCUT2D eigenvalue weighted by atomic mass is 10.5. The lowest BCUT2D eigenvalue weighted by molar-refractivity contribution is 0.983. The Balaban J connectivity index is 0. The van der Waals surface area contributed by atoms with Crippen LogP contribution in [-0.4, -0.2) is 0 Å². The summed E-state index contributed by atoms with van der Waals surface area (Å²) < 4.78 is 0. The molecular weight excluding hydrogens is 108 g/mol. The molecule has 0 N–H and O–H groups in total. The highest BCUT2D eigenvalue weighted by Crippen LogP contribution is 2.26. The molecule has 0 bridgehead atoms. The molecule has 0 heteroatoms. The van der Waals surface area contributed by atoms with E-state index in [4.69, 9.17) is 0 Å². The Labute approximate surface area is 60.0 Å². The molecule has 0 heterocycles. The number of hydrogen-bond acceptors (Lipinski definition) is 0. The van der Waals surface area contributed by atoms with Crippen molar-refractivity contribution < 1.29 is 0 Å². The van der Waals surface area contributed by atoms with Crippen molar-refractivity contribution in [3.05, 3.63) is 12.7 Å². The van der Waals surface area contributed by atoms with Crippen LogP contribution in [0.2, 0.25) is 0 Å². The van der Waals surface area contributed by atoms with Crippen LogP contribution in [0.1, 0.15) is 40.5 Å². The highest BCUT2D eigenvalue weighted by atomic mass is 14.2. The van der Waals surface area contributed by atoms with Gasteiger partial charge < -0.3 is 0 Å². The molecule has 0 unspecified atom stereocenters. The van der Waals surface area contributed by atoms with Crippen molar-refractivity contribution in [3.63, 3.8) is 0 Å². The molecule has 0 aromatic rings. The molecule has 0 saturated heterocycles. The van der Waals surface area contributed by atoms with E-state index >= 15 is 0 Å². The first-order valence-electron chi connectivity index (χ1n) is 3.88. The van der Waals surface area contributed by atoms with Gasteiger partial charge in [0.25, 0.3) is 0 Å². The van der Waals surface area contributed by atoms with Gasteiger partial charge in [-0.15, -0.1) is 6.58 Å². The molecule has 9 heavy (non-hydrogen) atoms. The summed E-state index contributed by atoms with van der Waals surface area (Å²) >= 11 is 0. The molecule has 0 amide bonds. The molecule has 0 aromatic heterocycles. The SMILES string of the molecule is C=CC.CC.CC1CC1. The average molecular weight is 128 g/mol. The van der Waals surface area contributed by atoms with Gasteiger partial charge in [0, 0.05) is 0 Å². The zero-order valence-corrected chi connectivity index (χ0v) is 7.28. The molecular formula is C9H20. The van der Waals surface area contributed by atoms with E-state index in [9.17, 15) is 0 Å².